The number of rotatable bonds is 3. The number of amides is 4. The lowest BCUT2D eigenvalue weighted by atomic mass is 9.74. The van der Waals surface area contributed by atoms with Gasteiger partial charge in [-0.05, 0) is 25.7 Å². The second-order valence-electron chi connectivity index (χ2n) is 8.96. The third-order valence-corrected chi connectivity index (χ3v) is 6.67. The highest BCUT2D eigenvalue weighted by Gasteiger charge is 2.61. The van der Waals surface area contributed by atoms with Gasteiger partial charge in [-0.1, -0.05) is 13.8 Å². The van der Waals surface area contributed by atoms with E-state index in [0.29, 0.717) is 45.1 Å². The van der Waals surface area contributed by atoms with E-state index < -0.39 is 0 Å². The Hall–Kier alpha value is -1.79. The molecule has 3 fully saturated rings. The Morgan fingerprint density at radius 3 is 2.30 bits per heavy atom. The first-order chi connectivity index (χ1) is 12.7. The van der Waals surface area contributed by atoms with E-state index in [1.165, 1.54) is 0 Å². The van der Waals surface area contributed by atoms with Crippen LogP contribution in [0.25, 0.3) is 0 Å². The maximum atomic E-state index is 13.1. The predicted molar refractivity (Wildman–Crippen MR) is 103 cm³/mol. The minimum absolute atomic E-state index is 0.0139. The summed E-state index contributed by atoms with van der Waals surface area (Å²) in [6.07, 6.45) is 2.23. The molecule has 0 aromatic carbocycles. The van der Waals surface area contributed by atoms with Crippen LogP contribution in [0.5, 0.6) is 0 Å². The van der Waals surface area contributed by atoms with Crippen LogP contribution in [0.2, 0.25) is 0 Å². The molecule has 1 spiro atoms. The highest BCUT2D eigenvalue weighted by Crippen LogP contribution is 2.49. The van der Waals surface area contributed by atoms with Crippen LogP contribution in [0.3, 0.4) is 0 Å². The molecule has 3 rings (SSSR count). The lowest BCUT2D eigenvalue weighted by Gasteiger charge is -2.48. The second-order valence-corrected chi connectivity index (χ2v) is 8.96. The molecule has 27 heavy (non-hydrogen) atoms. The largest absolute Gasteiger partial charge is 0.343 e. The summed E-state index contributed by atoms with van der Waals surface area (Å²) in [6.45, 7) is 9.46. The summed E-state index contributed by atoms with van der Waals surface area (Å²) < 4.78 is 0. The van der Waals surface area contributed by atoms with Crippen LogP contribution in [0.15, 0.2) is 0 Å². The van der Waals surface area contributed by atoms with Crippen molar-refractivity contribution in [3.63, 3.8) is 0 Å². The van der Waals surface area contributed by atoms with Gasteiger partial charge in [0, 0.05) is 59.2 Å². The number of carbonyl (C=O) groups is 3. The number of fused-ring (bicyclic) bond motifs is 2. The van der Waals surface area contributed by atoms with Crippen LogP contribution in [0, 0.1) is 17.8 Å². The van der Waals surface area contributed by atoms with Crippen LogP contribution < -0.4 is 0 Å². The van der Waals surface area contributed by atoms with Gasteiger partial charge < -0.3 is 19.6 Å². The van der Waals surface area contributed by atoms with Crippen molar-refractivity contribution in [2.45, 2.75) is 45.6 Å². The molecule has 0 aromatic rings. The molecule has 0 radical (unpaired) electrons. The number of nitrogens with zero attached hydrogens (tertiary/aromatic N) is 4. The normalized spacial score (nSPS) is 26.9. The molecular formula is C20H34N4O3. The number of piperidine rings is 1. The smallest absolute Gasteiger partial charge is 0.319 e. The molecule has 2 atom stereocenters. The van der Waals surface area contributed by atoms with Gasteiger partial charge >= 0.3 is 6.03 Å². The van der Waals surface area contributed by atoms with Crippen molar-refractivity contribution in [3.05, 3.63) is 0 Å². The standard InChI is InChI=1S/C20H34N4O3/c1-6-24-18(26)15-12-23(19(27)21(4)5)13-16(15)20(24)7-9-22(10-8-20)17(25)11-14(2)3/h14-16H,6-13H2,1-5H3/t15-,16+/m0/s1. The Morgan fingerprint density at radius 2 is 1.78 bits per heavy atom. The van der Waals surface area contributed by atoms with E-state index in [1.807, 2.05) is 16.7 Å². The third kappa shape index (κ3) is 3.29. The number of likely N-dealkylation sites (tertiary alicyclic amines) is 3. The molecule has 0 N–H and O–H groups in total. The third-order valence-electron chi connectivity index (χ3n) is 6.67. The molecule has 7 nitrogen and oxygen atoms in total. The van der Waals surface area contributed by atoms with Gasteiger partial charge in [0.25, 0.3) is 0 Å². The number of hydrogen-bond acceptors (Lipinski definition) is 3. The van der Waals surface area contributed by atoms with Crippen LogP contribution in [-0.4, -0.2) is 89.8 Å². The van der Waals surface area contributed by atoms with Crippen LogP contribution in [0.4, 0.5) is 4.79 Å². The Bertz CT molecular complexity index is 610. The maximum Gasteiger partial charge on any atom is 0.319 e. The molecule has 3 saturated heterocycles. The van der Waals surface area contributed by atoms with Gasteiger partial charge in [0.05, 0.1) is 11.5 Å². The fourth-order valence-electron chi connectivity index (χ4n) is 5.39. The Morgan fingerprint density at radius 1 is 1.15 bits per heavy atom. The zero-order valence-corrected chi connectivity index (χ0v) is 17.4. The zero-order chi connectivity index (χ0) is 19.9. The monoisotopic (exact) mass is 378 g/mol. The topological polar surface area (TPSA) is 64.2 Å². The summed E-state index contributed by atoms with van der Waals surface area (Å²) in [5, 5.41) is 0. The summed E-state index contributed by atoms with van der Waals surface area (Å²) in [5.41, 5.74) is -0.202. The highest BCUT2D eigenvalue weighted by molar-refractivity contribution is 5.86. The molecule has 0 aliphatic carbocycles. The van der Waals surface area contributed by atoms with Crippen molar-refractivity contribution in [3.8, 4) is 0 Å². The van der Waals surface area contributed by atoms with E-state index >= 15 is 0 Å². The molecule has 0 aromatic heterocycles. The van der Waals surface area contributed by atoms with Gasteiger partial charge in [0.2, 0.25) is 11.8 Å². The van der Waals surface area contributed by atoms with Crippen molar-refractivity contribution in [2.75, 3.05) is 46.8 Å². The first kappa shape index (κ1) is 20.0. The van der Waals surface area contributed by atoms with Crippen LogP contribution in [-0.2, 0) is 9.59 Å². The van der Waals surface area contributed by atoms with Gasteiger partial charge in [-0.15, -0.1) is 0 Å². The van der Waals surface area contributed by atoms with Gasteiger partial charge in [0.15, 0.2) is 0 Å². The quantitative estimate of drug-likeness (QED) is 0.747. The molecule has 0 bridgehead atoms. The second kappa shape index (κ2) is 7.32. The fourth-order valence-corrected chi connectivity index (χ4v) is 5.39. The summed E-state index contributed by atoms with van der Waals surface area (Å²) in [4.78, 5) is 45.4. The lowest BCUT2D eigenvalue weighted by molar-refractivity contribution is -0.138. The van der Waals surface area contributed by atoms with Crippen molar-refractivity contribution >= 4 is 17.8 Å². The van der Waals surface area contributed by atoms with Crippen molar-refractivity contribution in [1.29, 1.82) is 0 Å². The minimum Gasteiger partial charge on any atom is -0.343 e. The van der Waals surface area contributed by atoms with Gasteiger partial charge in [0.1, 0.15) is 0 Å². The summed E-state index contributed by atoms with van der Waals surface area (Å²) in [5.74, 6) is 0.861. The van der Waals surface area contributed by atoms with Gasteiger partial charge in [-0.2, -0.15) is 0 Å². The average molecular weight is 379 g/mol. The first-order valence-electron chi connectivity index (χ1n) is 10.3. The summed E-state index contributed by atoms with van der Waals surface area (Å²) in [6, 6.07) is -0.0139. The maximum absolute atomic E-state index is 13.1. The number of urea groups is 1. The predicted octanol–water partition coefficient (Wildman–Crippen LogP) is 1.49. The van der Waals surface area contributed by atoms with Crippen molar-refractivity contribution in [2.24, 2.45) is 17.8 Å². The molecule has 3 aliphatic rings. The average Bonchev–Trinajstić information content (AvgIpc) is 3.14. The zero-order valence-electron chi connectivity index (χ0n) is 17.4. The van der Waals surface area contributed by atoms with Crippen molar-refractivity contribution < 1.29 is 14.4 Å². The minimum atomic E-state index is -0.202. The Balaban J connectivity index is 1.76. The fraction of sp³-hybridized carbons (Fsp3) is 0.850. The summed E-state index contributed by atoms with van der Waals surface area (Å²) in [7, 11) is 3.51. The number of hydrogen-bond donors (Lipinski definition) is 0. The molecule has 3 heterocycles. The van der Waals surface area contributed by atoms with Crippen molar-refractivity contribution in [1.82, 2.24) is 19.6 Å². The molecule has 4 amide bonds. The van der Waals surface area contributed by atoms with E-state index in [-0.39, 0.29) is 35.2 Å². The first-order valence-corrected chi connectivity index (χ1v) is 10.3. The molecule has 0 saturated carbocycles. The SMILES string of the molecule is CCN1C(=O)[C@H]2CN(C(=O)N(C)C)C[C@H]2C12CCN(C(=O)CC(C)C)CC2. The van der Waals surface area contributed by atoms with E-state index in [4.69, 9.17) is 0 Å². The van der Waals surface area contributed by atoms with E-state index in [1.54, 1.807) is 19.0 Å². The van der Waals surface area contributed by atoms with Crippen LogP contribution in [0.1, 0.15) is 40.0 Å². The Labute approximate surface area is 162 Å². The molecule has 0 unspecified atom stereocenters. The molecule has 152 valence electrons. The Kier molecular flexibility index (Phi) is 5.41. The molecule has 3 aliphatic heterocycles. The highest BCUT2D eigenvalue weighted by atomic mass is 16.2. The van der Waals surface area contributed by atoms with Crippen LogP contribution >= 0.6 is 0 Å². The summed E-state index contributed by atoms with van der Waals surface area (Å²) >= 11 is 0. The van der Waals surface area contributed by atoms with E-state index in [2.05, 4.69) is 18.7 Å². The molecule has 7 heteroatoms. The van der Waals surface area contributed by atoms with E-state index in [0.717, 1.165) is 12.8 Å². The lowest BCUT2D eigenvalue weighted by Crippen LogP contribution is -2.58. The van der Waals surface area contributed by atoms with Gasteiger partial charge in [-0.3, -0.25) is 9.59 Å². The van der Waals surface area contributed by atoms with E-state index in [9.17, 15) is 14.4 Å². The van der Waals surface area contributed by atoms with Gasteiger partial charge in [-0.25, -0.2) is 4.79 Å². The number of carbonyl (C=O) groups excluding carboxylic acids is 3. The molecular weight excluding hydrogens is 344 g/mol.